The van der Waals surface area contributed by atoms with Gasteiger partial charge in [0, 0.05) is 17.8 Å². The molecule has 2 aliphatic rings. The van der Waals surface area contributed by atoms with Gasteiger partial charge in [-0.1, -0.05) is 55.3 Å². The smallest absolute Gasteiger partial charge is 0.224 e. The van der Waals surface area contributed by atoms with Crippen molar-refractivity contribution in [3.05, 3.63) is 66.0 Å². The lowest BCUT2D eigenvalue weighted by Gasteiger charge is -2.12. The number of nitrogens with zero attached hydrogens (tertiary/aromatic N) is 2. The Morgan fingerprint density at radius 2 is 1.77 bits per heavy atom. The molecule has 1 aromatic heterocycles. The molecular formula is C26H30N4O. The molecule has 1 unspecified atom stereocenters. The molecule has 0 saturated heterocycles. The van der Waals surface area contributed by atoms with Crippen molar-refractivity contribution < 1.29 is 4.79 Å². The maximum absolute atomic E-state index is 12.7. The summed E-state index contributed by atoms with van der Waals surface area (Å²) >= 11 is 0. The highest BCUT2D eigenvalue weighted by atomic mass is 16.2. The van der Waals surface area contributed by atoms with Crippen molar-refractivity contribution in [2.24, 2.45) is 11.3 Å². The summed E-state index contributed by atoms with van der Waals surface area (Å²) < 4.78 is 0. The molecule has 5 heteroatoms. The van der Waals surface area contributed by atoms with E-state index in [4.69, 9.17) is 4.98 Å². The lowest BCUT2D eigenvalue weighted by molar-refractivity contribution is -0.123. The van der Waals surface area contributed by atoms with Gasteiger partial charge in [0.2, 0.25) is 5.91 Å². The summed E-state index contributed by atoms with van der Waals surface area (Å²) in [5.74, 6) is 1.89. The average molecular weight is 415 g/mol. The number of aromatic nitrogens is 2. The van der Waals surface area contributed by atoms with Gasteiger partial charge in [0.1, 0.15) is 5.82 Å². The van der Waals surface area contributed by atoms with Crippen molar-refractivity contribution in [1.82, 2.24) is 15.3 Å². The Labute approximate surface area is 183 Å². The number of hydrogen-bond donors (Lipinski definition) is 2. The number of anilines is 1. The van der Waals surface area contributed by atoms with Gasteiger partial charge < -0.3 is 10.6 Å². The number of amides is 1. The molecular weight excluding hydrogens is 384 g/mol. The SMILES string of the molecule is O=C(NCc1nc(NCCCc2ccccc2)c2ccccc2n1)C1CC12CCCC2. The van der Waals surface area contributed by atoms with Crippen molar-refractivity contribution in [2.75, 3.05) is 11.9 Å². The van der Waals surface area contributed by atoms with E-state index in [2.05, 4.69) is 39.9 Å². The number of hydrogen-bond acceptors (Lipinski definition) is 4. The molecule has 2 aromatic carbocycles. The molecule has 2 aliphatic carbocycles. The number of aryl methyl sites for hydroxylation is 1. The van der Waals surface area contributed by atoms with Crippen molar-refractivity contribution in [1.29, 1.82) is 0 Å². The zero-order chi connectivity index (χ0) is 21.1. The van der Waals surface area contributed by atoms with Crippen LogP contribution in [-0.4, -0.2) is 22.4 Å². The molecule has 2 fully saturated rings. The molecule has 5 rings (SSSR count). The van der Waals surface area contributed by atoms with E-state index in [0.29, 0.717) is 17.8 Å². The van der Waals surface area contributed by atoms with Crippen LogP contribution in [0.3, 0.4) is 0 Å². The van der Waals surface area contributed by atoms with Crippen LogP contribution in [0.5, 0.6) is 0 Å². The van der Waals surface area contributed by atoms with E-state index in [1.165, 1.54) is 31.2 Å². The van der Waals surface area contributed by atoms with Gasteiger partial charge in [0.15, 0.2) is 5.82 Å². The Kier molecular flexibility index (Phi) is 5.58. The molecule has 31 heavy (non-hydrogen) atoms. The van der Waals surface area contributed by atoms with E-state index in [1.54, 1.807) is 0 Å². The zero-order valence-electron chi connectivity index (χ0n) is 17.9. The second-order valence-electron chi connectivity index (χ2n) is 9.07. The zero-order valence-corrected chi connectivity index (χ0v) is 17.9. The first-order valence-corrected chi connectivity index (χ1v) is 11.5. The Balaban J connectivity index is 1.22. The third kappa shape index (κ3) is 4.41. The summed E-state index contributed by atoms with van der Waals surface area (Å²) in [5, 5.41) is 7.62. The predicted octanol–water partition coefficient (Wildman–Crippen LogP) is 4.87. The summed E-state index contributed by atoms with van der Waals surface area (Å²) in [5.41, 5.74) is 2.58. The van der Waals surface area contributed by atoms with Crippen LogP contribution in [0.4, 0.5) is 5.82 Å². The van der Waals surface area contributed by atoms with Gasteiger partial charge in [-0.3, -0.25) is 4.79 Å². The maximum Gasteiger partial charge on any atom is 0.224 e. The molecule has 160 valence electrons. The number of benzene rings is 2. The van der Waals surface area contributed by atoms with E-state index in [9.17, 15) is 4.79 Å². The Hall–Kier alpha value is -2.95. The van der Waals surface area contributed by atoms with Crippen LogP contribution >= 0.6 is 0 Å². The number of carbonyl (C=O) groups excluding carboxylic acids is 1. The van der Waals surface area contributed by atoms with Gasteiger partial charge >= 0.3 is 0 Å². The van der Waals surface area contributed by atoms with E-state index < -0.39 is 0 Å². The summed E-state index contributed by atoms with van der Waals surface area (Å²) in [6, 6.07) is 18.6. The van der Waals surface area contributed by atoms with E-state index in [1.807, 2.05) is 30.3 Å². The molecule has 1 spiro atoms. The fraction of sp³-hybridized carbons (Fsp3) is 0.423. The van der Waals surface area contributed by atoms with Crippen LogP contribution in [-0.2, 0) is 17.8 Å². The van der Waals surface area contributed by atoms with Gasteiger partial charge in [-0.05, 0) is 55.2 Å². The van der Waals surface area contributed by atoms with Gasteiger partial charge in [-0.15, -0.1) is 0 Å². The molecule has 0 bridgehead atoms. The third-order valence-electron chi connectivity index (χ3n) is 6.95. The molecule has 2 N–H and O–H groups in total. The van der Waals surface area contributed by atoms with Crippen LogP contribution in [0, 0.1) is 11.3 Å². The normalized spacial score (nSPS) is 18.9. The maximum atomic E-state index is 12.7. The third-order valence-corrected chi connectivity index (χ3v) is 6.95. The monoisotopic (exact) mass is 414 g/mol. The largest absolute Gasteiger partial charge is 0.369 e. The van der Waals surface area contributed by atoms with Crippen LogP contribution < -0.4 is 10.6 Å². The first-order valence-electron chi connectivity index (χ1n) is 11.5. The highest BCUT2D eigenvalue weighted by molar-refractivity contribution is 5.89. The van der Waals surface area contributed by atoms with E-state index in [0.717, 1.165) is 42.5 Å². The minimum atomic E-state index is 0.177. The summed E-state index contributed by atoms with van der Waals surface area (Å²) in [4.78, 5) is 22.1. The molecule has 3 aromatic rings. The van der Waals surface area contributed by atoms with E-state index >= 15 is 0 Å². The predicted molar refractivity (Wildman–Crippen MR) is 124 cm³/mol. The molecule has 1 amide bonds. The van der Waals surface area contributed by atoms with Crippen LogP contribution in [0.1, 0.15) is 49.9 Å². The Morgan fingerprint density at radius 1 is 1.00 bits per heavy atom. The second kappa shape index (κ2) is 8.66. The lowest BCUT2D eigenvalue weighted by atomic mass is 10.0. The fourth-order valence-corrected chi connectivity index (χ4v) is 5.12. The van der Waals surface area contributed by atoms with Gasteiger partial charge in [-0.25, -0.2) is 9.97 Å². The van der Waals surface area contributed by atoms with E-state index in [-0.39, 0.29) is 11.8 Å². The first-order chi connectivity index (χ1) is 15.2. The van der Waals surface area contributed by atoms with Crippen molar-refractivity contribution >= 4 is 22.6 Å². The Bertz CT molecular complexity index is 1060. The van der Waals surface area contributed by atoms with Gasteiger partial charge in [0.05, 0.1) is 12.1 Å². The number of nitrogens with one attached hydrogen (secondary N) is 2. The average Bonchev–Trinajstić information content (AvgIpc) is 3.31. The molecule has 1 atom stereocenters. The summed E-state index contributed by atoms with van der Waals surface area (Å²) in [7, 11) is 0. The molecule has 0 radical (unpaired) electrons. The summed E-state index contributed by atoms with van der Waals surface area (Å²) in [6.07, 6.45) is 8.10. The Morgan fingerprint density at radius 3 is 2.61 bits per heavy atom. The topological polar surface area (TPSA) is 66.9 Å². The summed E-state index contributed by atoms with van der Waals surface area (Å²) in [6.45, 7) is 1.22. The lowest BCUT2D eigenvalue weighted by Crippen LogP contribution is -2.27. The molecule has 1 heterocycles. The quantitative estimate of drug-likeness (QED) is 0.516. The van der Waals surface area contributed by atoms with Crippen LogP contribution in [0.25, 0.3) is 10.9 Å². The number of rotatable bonds is 8. The first kappa shape index (κ1) is 20.0. The molecule has 0 aliphatic heterocycles. The van der Waals surface area contributed by atoms with Crippen molar-refractivity contribution in [3.63, 3.8) is 0 Å². The van der Waals surface area contributed by atoms with Crippen molar-refractivity contribution in [2.45, 2.75) is 51.5 Å². The number of carbonyl (C=O) groups is 1. The fourth-order valence-electron chi connectivity index (χ4n) is 5.12. The van der Waals surface area contributed by atoms with Crippen LogP contribution in [0.2, 0.25) is 0 Å². The van der Waals surface area contributed by atoms with Gasteiger partial charge in [0.25, 0.3) is 0 Å². The molecule has 5 nitrogen and oxygen atoms in total. The number of fused-ring (bicyclic) bond motifs is 1. The molecule has 2 saturated carbocycles. The highest BCUT2D eigenvalue weighted by Gasteiger charge is 2.58. The standard InChI is InChI=1S/C26H30N4O/c31-25(21-17-26(21)14-6-7-15-26)28-18-23-29-22-13-5-4-12-20(22)24(30-23)27-16-8-11-19-9-2-1-3-10-19/h1-5,9-10,12-13,21H,6-8,11,14-18H2,(H,28,31)(H,27,29,30). The number of para-hydroxylation sites is 1. The van der Waals surface area contributed by atoms with Gasteiger partial charge in [-0.2, -0.15) is 0 Å². The van der Waals surface area contributed by atoms with Crippen LogP contribution in [0.15, 0.2) is 54.6 Å². The minimum Gasteiger partial charge on any atom is -0.369 e. The minimum absolute atomic E-state index is 0.177. The van der Waals surface area contributed by atoms with Crippen molar-refractivity contribution in [3.8, 4) is 0 Å². The highest BCUT2D eigenvalue weighted by Crippen LogP contribution is 2.62. The second-order valence-corrected chi connectivity index (χ2v) is 9.07.